The van der Waals surface area contributed by atoms with Crippen LogP contribution in [-0.2, 0) is 16.0 Å². The molecule has 0 aliphatic carbocycles. The Balaban J connectivity index is 1.80. The maximum Gasteiger partial charge on any atom is 0.227 e. The van der Waals surface area contributed by atoms with Crippen molar-refractivity contribution >= 4 is 11.8 Å². The first-order chi connectivity index (χ1) is 11.8. The third kappa shape index (κ3) is 5.48. The molecule has 25 heavy (non-hydrogen) atoms. The number of carbonyl (C=O) groups is 2. The van der Waals surface area contributed by atoms with Crippen molar-refractivity contribution in [2.45, 2.75) is 40.0 Å². The Labute approximate surface area is 150 Å². The van der Waals surface area contributed by atoms with E-state index in [4.69, 9.17) is 4.74 Å². The molecule has 5 heteroatoms. The number of piperidine rings is 1. The molecular formula is C20H30N2O3. The Kier molecular flexibility index (Phi) is 6.45. The van der Waals surface area contributed by atoms with Gasteiger partial charge < -0.3 is 15.0 Å². The summed E-state index contributed by atoms with van der Waals surface area (Å²) in [6, 6.07) is 7.87. The Bertz CT molecular complexity index is 590. The zero-order chi connectivity index (χ0) is 18.4. The molecule has 1 atom stereocenters. The average molecular weight is 346 g/mol. The number of benzene rings is 1. The minimum absolute atomic E-state index is 0.0555. The van der Waals surface area contributed by atoms with Crippen LogP contribution in [0.5, 0.6) is 5.75 Å². The van der Waals surface area contributed by atoms with Gasteiger partial charge >= 0.3 is 0 Å². The zero-order valence-electron chi connectivity index (χ0n) is 15.8. The molecule has 1 aromatic carbocycles. The number of carbonyl (C=O) groups excluding carboxylic acids is 2. The summed E-state index contributed by atoms with van der Waals surface area (Å²) in [6.07, 6.45) is 2.52. The summed E-state index contributed by atoms with van der Waals surface area (Å²) in [6.45, 7) is 7.67. The fourth-order valence-corrected chi connectivity index (χ4v) is 3.12. The number of likely N-dealkylation sites (tertiary alicyclic amines) is 1. The largest absolute Gasteiger partial charge is 0.497 e. The Morgan fingerprint density at radius 2 is 1.92 bits per heavy atom. The van der Waals surface area contributed by atoms with Gasteiger partial charge in [0.05, 0.1) is 13.0 Å². The SMILES string of the molecule is COc1ccc(CCNC(=O)C2CCCN(C(=O)C(C)(C)C)C2)cc1. The number of rotatable bonds is 5. The highest BCUT2D eigenvalue weighted by Gasteiger charge is 2.33. The molecular weight excluding hydrogens is 316 g/mol. The summed E-state index contributed by atoms with van der Waals surface area (Å²) in [7, 11) is 1.65. The van der Waals surface area contributed by atoms with Crippen LogP contribution in [0.25, 0.3) is 0 Å². The van der Waals surface area contributed by atoms with Gasteiger partial charge in [-0.3, -0.25) is 9.59 Å². The second-order valence-corrected chi connectivity index (χ2v) is 7.73. The van der Waals surface area contributed by atoms with Gasteiger partial charge in [-0.25, -0.2) is 0 Å². The van der Waals surface area contributed by atoms with E-state index in [1.165, 1.54) is 0 Å². The van der Waals surface area contributed by atoms with Gasteiger partial charge in [-0.1, -0.05) is 32.9 Å². The molecule has 5 nitrogen and oxygen atoms in total. The minimum atomic E-state index is -0.396. The van der Waals surface area contributed by atoms with Crippen molar-refractivity contribution < 1.29 is 14.3 Å². The molecule has 0 radical (unpaired) electrons. The molecule has 1 unspecified atom stereocenters. The van der Waals surface area contributed by atoms with Crippen molar-refractivity contribution in [1.29, 1.82) is 0 Å². The quantitative estimate of drug-likeness (QED) is 0.892. The molecule has 0 aromatic heterocycles. The minimum Gasteiger partial charge on any atom is -0.497 e. The Morgan fingerprint density at radius 3 is 2.52 bits per heavy atom. The van der Waals surface area contributed by atoms with E-state index in [9.17, 15) is 9.59 Å². The molecule has 2 rings (SSSR count). The van der Waals surface area contributed by atoms with Gasteiger partial charge in [0.2, 0.25) is 11.8 Å². The molecule has 0 spiro atoms. The molecule has 0 saturated carbocycles. The topological polar surface area (TPSA) is 58.6 Å². The number of amides is 2. The van der Waals surface area contributed by atoms with Crippen molar-refractivity contribution in [2.75, 3.05) is 26.7 Å². The molecule has 1 heterocycles. The summed E-state index contributed by atoms with van der Waals surface area (Å²) < 4.78 is 5.14. The lowest BCUT2D eigenvalue weighted by Crippen LogP contribution is -2.48. The predicted molar refractivity (Wildman–Crippen MR) is 98.5 cm³/mol. The maximum atomic E-state index is 12.4. The van der Waals surface area contributed by atoms with Crippen molar-refractivity contribution in [1.82, 2.24) is 10.2 Å². The molecule has 1 aliphatic rings. The second-order valence-electron chi connectivity index (χ2n) is 7.73. The van der Waals surface area contributed by atoms with E-state index in [-0.39, 0.29) is 17.7 Å². The van der Waals surface area contributed by atoms with Gasteiger partial charge in [-0.15, -0.1) is 0 Å². The molecule has 1 aliphatic heterocycles. The van der Waals surface area contributed by atoms with Crippen LogP contribution in [-0.4, -0.2) is 43.5 Å². The van der Waals surface area contributed by atoms with Crippen LogP contribution in [0.15, 0.2) is 24.3 Å². The van der Waals surface area contributed by atoms with E-state index in [0.29, 0.717) is 13.1 Å². The summed E-state index contributed by atoms with van der Waals surface area (Å²) in [4.78, 5) is 26.7. The molecule has 1 saturated heterocycles. The van der Waals surface area contributed by atoms with Gasteiger partial charge in [0, 0.05) is 25.0 Å². The monoisotopic (exact) mass is 346 g/mol. The number of methoxy groups -OCH3 is 1. The van der Waals surface area contributed by atoms with Crippen molar-refractivity contribution in [3.05, 3.63) is 29.8 Å². The lowest BCUT2D eigenvalue weighted by Gasteiger charge is -2.35. The first-order valence-corrected chi connectivity index (χ1v) is 9.01. The van der Waals surface area contributed by atoms with E-state index >= 15 is 0 Å². The average Bonchev–Trinajstić information content (AvgIpc) is 2.61. The Morgan fingerprint density at radius 1 is 1.24 bits per heavy atom. The predicted octanol–water partition coefficient (Wildman–Crippen LogP) is 2.64. The number of hydrogen-bond acceptors (Lipinski definition) is 3. The maximum absolute atomic E-state index is 12.4. The van der Waals surface area contributed by atoms with Gasteiger partial charge in [-0.2, -0.15) is 0 Å². The zero-order valence-corrected chi connectivity index (χ0v) is 15.8. The van der Waals surface area contributed by atoms with Crippen LogP contribution in [0.2, 0.25) is 0 Å². The van der Waals surface area contributed by atoms with Crippen molar-refractivity contribution in [3.63, 3.8) is 0 Å². The highest BCUT2D eigenvalue weighted by molar-refractivity contribution is 5.83. The number of hydrogen-bond donors (Lipinski definition) is 1. The molecule has 138 valence electrons. The first-order valence-electron chi connectivity index (χ1n) is 9.01. The molecule has 1 aromatic rings. The number of nitrogens with one attached hydrogen (secondary N) is 1. The standard InChI is InChI=1S/C20H30N2O3/c1-20(2,3)19(24)22-13-5-6-16(14-22)18(23)21-12-11-15-7-9-17(25-4)10-8-15/h7-10,16H,5-6,11-14H2,1-4H3,(H,21,23). The summed E-state index contributed by atoms with van der Waals surface area (Å²) in [5.74, 6) is 0.915. The van der Waals surface area contributed by atoms with Gasteiger partial charge in [0.25, 0.3) is 0 Å². The smallest absolute Gasteiger partial charge is 0.227 e. The summed E-state index contributed by atoms with van der Waals surface area (Å²) >= 11 is 0. The summed E-state index contributed by atoms with van der Waals surface area (Å²) in [5.41, 5.74) is 0.765. The van der Waals surface area contributed by atoms with E-state index in [2.05, 4.69) is 5.32 Å². The normalized spacial score (nSPS) is 17.9. The van der Waals surface area contributed by atoms with Crippen LogP contribution < -0.4 is 10.1 Å². The number of nitrogens with zero attached hydrogens (tertiary/aromatic N) is 1. The third-order valence-electron chi connectivity index (χ3n) is 4.59. The van der Waals surface area contributed by atoms with E-state index in [1.807, 2.05) is 49.9 Å². The van der Waals surface area contributed by atoms with E-state index in [0.717, 1.165) is 37.1 Å². The van der Waals surface area contributed by atoms with Crippen LogP contribution in [0.1, 0.15) is 39.2 Å². The van der Waals surface area contributed by atoms with Crippen LogP contribution in [0, 0.1) is 11.3 Å². The molecule has 2 amide bonds. The van der Waals surface area contributed by atoms with E-state index < -0.39 is 5.41 Å². The lowest BCUT2D eigenvalue weighted by atomic mass is 9.91. The van der Waals surface area contributed by atoms with Crippen molar-refractivity contribution in [3.8, 4) is 5.75 Å². The first kappa shape index (κ1) is 19.3. The van der Waals surface area contributed by atoms with E-state index in [1.54, 1.807) is 7.11 Å². The van der Waals surface area contributed by atoms with Crippen LogP contribution >= 0.6 is 0 Å². The fourth-order valence-electron chi connectivity index (χ4n) is 3.12. The highest BCUT2D eigenvalue weighted by Crippen LogP contribution is 2.23. The second kappa shape index (κ2) is 8.37. The lowest BCUT2D eigenvalue weighted by molar-refractivity contribution is -0.142. The molecule has 0 bridgehead atoms. The highest BCUT2D eigenvalue weighted by atomic mass is 16.5. The third-order valence-corrected chi connectivity index (χ3v) is 4.59. The van der Waals surface area contributed by atoms with Gasteiger partial charge in [0.15, 0.2) is 0 Å². The fraction of sp³-hybridized carbons (Fsp3) is 0.600. The van der Waals surface area contributed by atoms with Crippen molar-refractivity contribution in [2.24, 2.45) is 11.3 Å². The number of ether oxygens (including phenoxy) is 1. The molecule has 1 N–H and O–H groups in total. The van der Waals surface area contributed by atoms with Gasteiger partial charge in [0.1, 0.15) is 5.75 Å². The van der Waals surface area contributed by atoms with Gasteiger partial charge in [-0.05, 0) is 37.0 Å². The summed E-state index contributed by atoms with van der Waals surface area (Å²) in [5, 5.41) is 3.02. The van der Waals surface area contributed by atoms with Crippen LogP contribution in [0.3, 0.4) is 0 Å². The molecule has 1 fully saturated rings. The van der Waals surface area contributed by atoms with Crippen LogP contribution in [0.4, 0.5) is 0 Å². The Hall–Kier alpha value is -2.04.